The van der Waals surface area contributed by atoms with E-state index in [-0.39, 0.29) is 0 Å². The molecule has 2 rings (SSSR count). The number of nitrogens with zero attached hydrogens (tertiary/aromatic N) is 1. The Hall–Kier alpha value is -1.32. The van der Waals surface area contributed by atoms with Crippen LogP contribution in [0.3, 0.4) is 0 Å². The summed E-state index contributed by atoms with van der Waals surface area (Å²) in [5.41, 5.74) is 1.35. The van der Waals surface area contributed by atoms with Crippen LogP contribution in [0.4, 0.5) is 0 Å². The second-order valence-corrected chi connectivity index (χ2v) is 4.83. The molecule has 1 N–H and O–H groups in total. The summed E-state index contributed by atoms with van der Waals surface area (Å²) in [5.74, 6) is 0.948. The van der Waals surface area contributed by atoms with Crippen LogP contribution < -0.4 is 10.1 Å². The zero-order chi connectivity index (χ0) is 13.5. The minimum absolute atomic E-state index is 0.440. The predicted molar refractivity (Wildman–Crippen MR) is 79.6 cm³/mol. The van der Waals surface area contributed by atoms with Crippen LogP contribution in [0.25, 0.3) is 0 Å². The Morgan fingerprint density at radius 3 is 2.58 bits per heavy atom. The Bertz CT molecular complexity index is 382. The molecule has 3 heteroatoms. The minimum Gasteiger partial charge on any atom is -0.494 e. The highest BCUT2D eigenvalue weighted by molar-refractivity contribution is 5.29. The van der Waals surface area contributed by atoms with Crippen molar-refractivity contribution in [2.24, 2.45) is 0 Å². The summed E-state index contributed by atoms with van der Waals surface area (Å²) in [6.45, 7) is 11.0. The van der Waals surface area contributed by atoms with Crippen LogP contribution in [0.5, 0.6) is 5.75 Å². The lowest BCUT2D eigenvalue weighted by Crippen LogP contribution is -2.45. The quantitative estimate of drug-likeness (QED) is 0.796. The SMILES string of the molecule is C=CC[C@@H](c1ccc(OCC)cc1)N1CCNCC1. The van der Waals surface area contributed by atoms with Crippen molar-refractivity contribution in [1.82, 2.24) is 10.2 Å². The van der Waals surface area contributed by atoms with Crippen LogP contribution in [-0.4, -0.2) is 37.7 Å². The number of ether oxygens (including phenoxy) is 1. The van der Waals surface area contributed by atoms with E-state index in [0.717, 1.165) is 38.3 Å². The van der Waals surface area contributed by atoms with E-state index in [0.29, 0.717) is 12.6 Å². The Balaban J connectivity index is 2.10. The molecule has 0 radical (unpaired) electrons. The molecule has 1 fully saturated rings. The number of nitrogens with one attached hydrogen (secondary N) is 1. The lowest BCUT2D eigenvalue weighted by Gasteiger charge is -2.34. The molecule has 0 bridgehead atoms. The molecule has 0 spiro atoms. The molecule has 0 unspecified atom stereocenters. The van der Waals surface area contributed by atoms with Crippen molar-refractivity contribution in [3.63, 3.8) is 0 Å². The molecule has 0 amide bonds. The van der Waals surface area contributed by atoms with Gasteiger partial charge in [0.2, 0.25) is 0 Å². The van der Waals surface area contributed by atoms with E-state index >= 15 is 0 Å². The van der Waals surface area contributed by atoms with Crippen molar-refractivity contribution in [2.45, 2.75) is 19.4 Å². The highest BCUT2D eigenvalue weighted by Crippen LogP contribution is 2.26. The van der Waals surface area contributed by atoms with Gasteiger partial charge in [0.1, 0.15) is 5.75 Å². The largest absolute Gasteiger partial charge is 0.494 e. The van der Waals surface area contributed by atoms with Gasteiger partial charge in [0.15, 0.2) is 0 Å². The van der Waals surface area contributed by atoms with Gasteiger partial charge in [-0.3, -0.25) is 4.90 Å². The first-order valence-corrected chi connectivity index (χ1v) is 7.13. The third kappa shape index (κ3) is 3.82. The molecule has 0 aromatic heterocycles. The summed E-state index contributed by atoms with van der Waals surface area (Å²) in [6.07, 6.45) is 3.01. The Morgan fingerprint density at radius 2 is 2.00 bits per heavy atom. The van der Waals surface area contributed by atoms with Crippen LogP contribution in [0.1, 0.15) is 24.9 Å². The summed E-state index contributed by atoms with van der Waals surface area (Å²) >= 11 is 0. The lowest BCUT2D eigenvalue weighted by molar-refractivity contribution is 0.174. The van der Waals surface area contributed by atoms with E-state index < -0.39 is 0 Å². The molecule has 104 valence electrons. The standard InChI is InChI=1S/C16H24N2O/c1-3-5-16(18-12-10-17-11-13-18)14-6-8-15(9-7-14)19-4-2/h3,6-9,16-17H,1,4-5,10-13H2,2H3/t16-/m0/s1. The van der Waals surface area contributed by atoms with E-state index in [1.54, 1.807) is 0 Å². The van der Waals surface area contributed by atoms with Crippen LogP contribution in [0.15, 0.2) is 36.9 Å². The smallest absolute Gasteiger partial charge is 0.119 e. The predicted octanol–water partition coefficient (Wildman–Crippen LogP) is 2.61. The van der Waals surface area contributed by atoms with Crippen LogP contribution >= 0.6 is 0 Å². The fourth-order valence-corrected chi connectivity index (χ4v) is 2.60. The van der Waals surface area contributed by atoms with Crippen LogP contribution in [0.2, 0.25) is 0 Å². The molecular weight excluding hydrogens is 236 g/mol. The zero-order valence-electron chi connectivity index (χ0n) is 11.8. The van der Waals surface area contributed by atoms with Crippen molar-refractivity contribution >= 4 is 0 Å². The molecular formula is C16H24N2O. The fraction of sp³-hybridized carbons (Fsp3) is 0.500. The monoisotopic (exact) mass is 260 g/mol. The second-order valence-electron chi connectivity index (χ2n) is 4.83. The third-order valence-electron chi connectivity index (χ3n) is 3.56. The molecule has 1 aromatic rings. The van der Waals surface area contributed by atoms with Gasteiger partial charge in [-0.25, -0.2) is 0 Å². The summed E-state index contributed by atoms with van der Waals surface area (Å²) in [7, 11) is 0. The molecule has 19 heavy (non-hydrogen) atoms. The van der Waals surface area contributed by atoms with Gasteiger partial charge in [-0.05, 0) is 31.0 Å². The molecule has 1 saturated heterocycles. The molecule has 0 saturated carbocycles. The Labute approximate surface area is 116 Å². The first-order chi connectivity index (χ1) is 9.35. The third-order valence-corrected chi connectivity index (χ3v) is 3.56. The summed E-state index contributed by atoms with van der Waals surface area (Å²) in [5, 5.41) is 3.40. The van der Waals surface area contributed by atoms with Gasteiger partial charge in [0.05, 0.1) is 6.61 Å². The average Bonchev–Trinajstić information content (AvgIpc) is 2.47. The number of hydrogen-bond donors (Lipinski definition) is 1. The van der Waals surface area contributed by atoms with Crippen molar-refractivity contribution in [3.8, 4) is 5.75 Å². The maximum atomic E-state index is 5.50. The molecule has 1 heterocycles. The Morgan fingerprint density at radius 1 is 1.32 bits per heavy atom. The summed E-state index contributed by atoms with van der Waals surface area (Å²) in [4.78, 5) is 2.54. The molecule has 1 atom stereocenters. The maximum absolute atomic E-state index is 5.50. The van der Waals surface area contributed by atoms with E-state index in [4.69, 9.17) is 4.74 Å². The summed E-state index contributed by atoms with van der Waals surface area (Å²) in [6, 6.07) is 8.94. The molecule has 1 aliphatic rings. The first-order valence-electron chi connectivity index (χ1n) is 7.13. The van der Waals surface area contributed by atoms with Gasteiger partial charge in [0.25, 0.3) is 0 Å². The highest BCUT2D eigenvalue weighted by Gasteiger charge is 2.20. The average molecular weight is 260 g/mol. The maximum Gasteiger partial charge on any atom is 0.119 e. The minimum atomic E-state index is 0.440. The second kappa shape index (κ2) is 7.31. The molecule has 3 nitrogen and oxygen atoms in total. The zero-order valence-corrected chi connectivity index (χ0v) is 11.8. The van der Waals surface area contributed by atoms with Crippen molar-refractivity contribution in [1.29, 1.82) is 0 Å². The normalized spacial score (nSPS) is 17.9. The Kier molecular flexibility index (Phi) is 5.43. The van der Waals surface area contributed by atoms with Gasteiger partial charge in [0, 0.05) is 32.2 Å². The number of benzene rings is 1. The first kappa shape index (κ1) is 14.1. The van der Waals surface area contributed by atoms with Crippen LogP contribution in [-0.2, 0) is 0 Å². The fourth-order valence-electron chi connectivity index (χ4n) is 2.60. The molecule has 1 aliphatic heterocycles. The van der Waals surface area contributed by atoms with E-state index in [9.17, 15) is 0 Å². The van der Waals surface area contributed by atoms with Crippen molar-refractivity contribution in [2.75, 3.05) is 32.8 Å². The van der Waals surface area contributed by atoms with E-state index in [1.807, 2.05) is 13.0 Å². The summed E-state index contributed by atoms with van der Waals surface area (Å²) < 4.78 is 5.50. The van der Waals surface area contributed by atoms with Gasteiger partial charge >= 0.3 is 0 Å². The van der Waals surface area contributed by atoms with E-state index in [2.05, 4.69) is 41.1 Å². The van der Waals surface area contributed by atoms with Crippen molar-refractivity contribution < 1.29 is 4.74 Å². The van der Waals surface area contributed by atoms with E-state index in [1.165, 1.54) is 5.56 Å². The van der Waals surface area contributed by atoms with Crippen LogP contribution in [0, 0.1) is 0 Å². The lowest BCUT2D eigenvalue weighted by atomic mass is 10.0. The van der Waals surface area contributed by atoms with Gasteiger partial charge in [-0.15, -0.1) is 6.58 Å². The number of piperazine rings is 1. The van der Waals surface area contributed by atoms with Crippen molar-refractivity contribution in [3.05, 3.63) is 42.5 Å². The van der Waals surface area contributed by atoms with Gasteiger partial charge in [-0.2, -0.15) is 0 Å². The number of rotatable bonds is 6. The van der Waals surface area contributed by atoms with Gasteiger partial charge < -0.3 is 10.1 Å². The molecule has 0 aliphatic carbocycles. The topological polar surface area (TPSA) is 24.5 Å². The van der Waals surface area contributed by atoms with Gasteiger partial charge in [-0.1, -0.05) is 18.2 Å². The molecule has 1 aromatic carbocycles. The number of hydrogen-bond acceptors (Lipinski definition) is 3. The highest BCUT2D eigenvalue weighted by atomic mass is 16.5.